The second-order valence-electron chi connectivity index (χ2n) is 2.89. The number of halogens is 2. The average Bonchev–Trinajstić information content (AvgIpc) is 2.16. The van der Waals surface area contributed by atoms with Crippen LogP contribution < -0.4 is 5.73 Å². The fraction of sp³-hybridized carbons (Fsp3) is 1.00. The van der Waals surface area contributed by atoms with Crippen molar-refractivity contribution in [2.45, 2.75) is 12.0 Å². The van der Waals surface area contributed by atoms with Crippen molar-refractivity contribution in [2.75, 3.05) is 40.6 Å². The minimum Gasteiger partial charge on any atom is -0.382 e. The van der Waals surface area contributed by atoms with Gasteiger partial charge in [0.05, 0.1) is 19.8 Å². The van der Waals surface area contributed by atoms with Gasteiger partial charge < -0.3 is 19.9 Å². The van der Waals surface area contributed by atoms with Crippen molar-refractivity contribution in [1.82, 2.24) is 0 Å². The molecule has 1 atom stereocenters. The summed E-state index contributed by atoms with van der Waals surface area (Å²) in [6, 6.07) is 0. The van der Waals surface area contributed by atoms with E-state index in [1.165, 1.54) is 14.2 Å². The molecule has 0 rings (SSSR count). The highest BCUT2D eigenvalue weighted by atomic mass is 19.3. The molecule has 0 aromatic heterocycles. The molecule has 0 radical (unpaired) electrons. The Kier molecular flexibility index (Phi) is 6.90. The average molecular weight is 213 g/mol. The Morgan fingerprint density at radius 1 is 1.29 bits per heavy atom. The number of rotatable bonds is 8. The number of ether oxygens (including phenoxy) is 3. The molecule has 86 valence electrons. The maximum atomic E-state index is 12.6. The van der Waals surface area contributed by atoms with E-state index in [-0.39, 0.29) is 12.7 Å². The van der Waals surface area contributed by atoms with Gasteiger partial charge in [-0.15, -0.1) is 0 Å². The van der Waals surface area contributed by atoms with Crippen LogP contribution in [0, 0.1) is 0 Å². The Morgan fingerprint density at radius 3 is 2.36 bits per heavy atom. The summed E-state index contributed by atoms with van der Waals surface area (Å²) in [5.74, 6) is -2.97. The van der Waals surface area contributed by atoms with Gasteiger partial charge in [0.1, 0.15) is 12.7 Å². The van der Waals surface area contributed by atoms with Gasteiger partial charge in [-0.3, -0.25) is 0 Å². The van der Waals surface area contributed by atoms with Crippen LogP contribution in [0.4, 0.5) is 8.78 Å². The molecule has 1 unspecified atom stereocenters. The standard InChI is InChI=1S/C8H17F2NO3/c1-12-3-7(13-2)4-14-6-8(9,10)5-11/h7H,3-6,11H2,1-2H3. The van der Waals surface area contributed by atoms with Gasteiger partial charge in [0, 0.05) is 14.2 Å². The molecule has 0 saturated heterocycles. The third kappa shape index (κ3) is 6.20. The van der Waals surface area contributed by atoms with Crippen molar-refractivity contribution in [2.24, 2.45) is 5.73 Å². The molecule has 0 aromatic carbocycles. The smallest absolute Gasteiger partial charge is 0.282 e. The Balaban J connectivity index is 3.60. The Labute approximate surface area is 82.3 Å². The highest BCUT2D eigenvalue weighted by molar-refractivity contribution is 4.66. The summed E-state index contributed by atoms with van der Waals surface area (Å²) in [4.78, 5) is 0. The molecule has 4 nitrogen and oxygen atoms in total. The summed E-state index contributed by atoms with van der Waals surface area (Å²) in [6.07, 6.45) is -0.325. The first-order valence-corrected chi connectivity index (χ1v) is 4.23. The molecule has 0 bridgehead atoms. The highest BCUT2D eigenvalue weighted by Gasteiger charge is 2.27. The van der Waals surface area contributed by atoms with Crippen LogP contribution in [0.2, 0.25) is 0 Å². The van der Waals surface area contributed by atoms with Crippen LogP contribution in [0.25, 0.3) is 0 Å². The van der Waals surface area contributed by atoms with E-state index in [9.17, 15) is 8.78 Å². The van der Waals surface area contributed by atoms with Crippen LogP contribution in [0.5, 0.6) is 0 Å². The van der Waals surface area contributed by atoms with Gasteiger partial charge in [-0.25, -0.2) is 8.78 Å². The Hall–Kier alpha value is -0.300. The van der Waals surface area contributed by atoms with Gasteiger partial charge in [0.2, 0.25) is 0 Å². The summed E-state index contributed by atoms with van der Waals surface area (Å²) >= 11 is 0. The lowest BCUT2D eigenvalue weighted by Gasteiger charge is -2.17. The first-order valence-electron chi connectivity index (χ1n) is 4.23. The van der Waals surface area contributed by atoms with Crippen molar-refractivity contribution in [3.8, 4) is 0 Å². The fourth-order valence-corrected chi connectivity index (χ4v) is 0.769. The third-order valence-corrected chi connectivity index (χ3v) is 1.60. The summed E-state index contributed by atoms with van der Waals surface area (Å²) < 4.78 is 39.6. The molecular weight excluding hydrogens is 196 g/mol. The number of methoxy groups -OCH3 is 2. The highest BCUT2D eigenvalue weighted by Crippen LogP contribution is 2.11. The lowest BCUT2D eigenvalue weighted by atomic mass is 10.3. The van der Waals surface area contributed by atoms with Crippen LogP contribution in [-0.2, 0) is 14.2 Å². The summed E-state index contributed by atoms with van der Waals surface area (Å²) in [5.41, 5.74) is 4.83. The second-order valence-corrected chi connectivity index (χ2v) is 2.89. The minimum atomic E-state index is -2.97. The number of alkyl halides is 2. The molecule has 0 heterocycles. The zero-order chi connectivity index (χ0) is 11.0. The number of nitrogens with two attached hydrogens (primary N) is 1. The molecule has 0 amide bonds. The van der Waals surface area contributed by atoms with Crippen molar-refractivity contribution < 1.29 is 23.0 Å². The van der Waals surface area contributed by atoms with E-state index in [2.05, 4.69) is 0 Å². The fourth-order valence-electron chi connectivity index (χ4n) is 0.769. The van der Waals surface area contributed by atoms with Gasteiger partial charge in [-0.2, -0.15) is 0 Å². The van der Waals surface area contributed by atoms with Crippen molar-refractivity contribution in [1.29, 1.82) is 0 Å². The molecule has 0 aliphatic carbocycles. The molecule has 14 heavy (non-hydrogen) atoms. The van der Waals surface area contributed by atoms with E-state index >= 15 is 0 Å². The molecule has 0 aliphatic rings. The summed E-state index contributed by atoms with van der Waals surface area (Å²) in [7, 11) is 2.97. The molecule has 0 aromatic rings. The molecule has 0 spiro atoms. The van der Waals surface area contributed by atoms with Crippen LogP contribution >= 0.6 is 0 Å². The first-order chi connectivity index (χ1) is 6.55. The lowest BCUT2D eigenvalue weighted by molar-refractivity contribution is -0.0977. The quantitative estimate of drug-likeness (QED) is 0.628. The van der Waals surface area contributed by atoms with Gasteiger partial charge in [-0.05, 0) is 0 Å². The Bertz CT molecular complexity index is 147. The molecule has 0 fully saturated rings. The lowest BCUT2D eigenvalue weighted by Crippen LogP contribution is -2.35. The van der Waals surface area contributed by atoms with E-state index in [1.807, 2.05) is 0 Å². The van der Waals surface area contributed by atoms with Gasteiger partial charge in [-0.1, -0.05) is 0 Å². The van der Waals surface area contributed by atoms with Crippen LogP contribution in [0.15, 0.2) is 0 Å². The van der Waals surface area contributed by atoms with E-state index in [0.717, 1.165) is 0 Å². The molecule has 6 heteroatoms. The topological polar surface area (TPSA) is 53.7 Å². The zero-order valence-corrected chi connectivity index (χ0v) is 8.46. The molecule has 0 aliphatic heterocycles. The van der Waals surface area contributed by atoms with Gasteiger partial charge in [0.25, 0.3) is 5.92 Å². The number of hydrogen-bond acceptors (Lipinski definition) is 4. The SMILES string of the molecule is COCC(COCC(F)(F)CN)OC. The van der Waals surface area contributed by atoms with Crippen molar-refractivity contribution in [3.05, 3.63) is 0 Å². The summed E-state index contributed by atoms with van der Waals surface area (Å²) in [6.45, 7) is -1.02. The molecular formula is C8H17F2NO3. The minimum absolute atomic E-state index is 0.0694. The number of hydrogen-bond donors (Lipinski definition) is 1. The van der Waals surface area contributed by atoms with E-state index in [1.54, 1.807) is 0 Å². The van der Waals surface area contributed by atoms with Gasteiger partial charge >= 0.3 is 0 Å². The predicted octanol–water partition coefficient (Wildman–Crippen LogP) is 0.258. The Morgan fingerprint density at radius 2 is 1.93 bits per heavy atom. The van der Waals surface area contributed by atoms with Crippen molar-refractivity contribution in [3.63, 3.8) is 0 Å². The van der Waals surface area contributed by atoms with Crippen molar-refractivity contribution >= 4 is 0 Å². The predicted molar refractivity (Wildman–Crippen MR) is 47.5 cm³/mol. The van der Waals surface area contributed by atoms with E-state index in [0.29, 0.717) is 6.61 Å². The second kappa shape index (κ2) is 7.05. The largest absolute Gasteiger partial charge is 0.382 e. The monoisotopic (exact) mass is 213 g/mol. The molecule has 2 N–H and O–H groups in total. The van der Waals surface area contributed by atoms with Gasteiger partial charge in [0.15, 0.2) is 0 Å². The van der Waals surface area contributed by atoms with E-state index < -0.39 is 19.1 Å². The maximum Gasteiger partial charge on any atom is 0.282 e. The normalized spacial score (nSPS) is 14.4. The molecule has 0 saturated carbocycles. The van der Waals surface area contributed by atoms with Crippen LogP contribution in [0.3, 0.4) is 0 Å². The first kappa shape index (κ1) is 13.7. The summed E-state index contributed by atoms with van der Waals surface area (Å²) in [5, 5.41) is 0. The third-order valence-electron chi connectivity index (χ3n) is 1.60. The maximum absolute atomic E-state index is 12.6. The van der Waals surface area contributed by atoms with E-state index in [4.69, 9.17) is 19.9 Å². The van der Waals surface area contributed by atoms with Crippen LogP contribution in [-0.4, -0.2) is 52.6 Å². The zero-order valence-electron chi connectivity index (χ0n) is 8.46. The van der Waals surface area contributed by atoms with Crippen LogP contribution in [0.1, 0.15) is 0 Å².